The van der Waals surface area contributed by atoms with Crippen molar-refractivity contribution >= 4 is 5.91 Å². The zero-order valence-electron chi connectivity index (χ0n) is 16.9. The van der Waals surface area contributed by atoms with Crippen LogP contribution < -0.4 is 4.74 Å². The molecule has 4 rings (SSSR count). The van der Waals surface area contributed by atoms with Crippen molar-refractivity contribution in [3.05, 3.63) is 96.4 Å². The second-order valence-electron chi connectivity index (χ2n) is 6.92. The number of amides is 1. The van der Waals surface area contributed by atoms with E-state index in [-0.39, 0.29) is 5.91 Å². The molecule has 30 heavy (non-hydrogen) atoms. The van der Waals surface area contributed by atoms with E-state index in [1.807, 2.05) is 66.7 Å². The van der Waals surface area contributed by atoms with Crippen LogP contribution in [0.3, 0.4) is 0 Å². The molecule has 6 nitrogen and oxygen atoms in total. The highest BCUT2D eigenvalue weighted by Crippen LogP contribution is 2.27. The van der Waals surface area contributed by atoms with E-state index in [2.05, 4.69) is 4.98 Å². The Morgan fingerprint density at radius 3 is 2.37 bits per heavy atom. The van der Waals surface area contributed by atoms with Gasteiger partial charge in [-0.05, 0) is 54.1 Å². The van der Waals surface area contributed by atoms with Crippen molar-refractivity contribution in [2.75, 3.05) is 14.2 Å². The fraction of sp³-hybridized carbons (Fsp3) is 0.125. The highest BCUT2D eigenvalue weighted by molar-refractivity contribution is 5.99. The van der Waals surface area contributed by atoms with Crippen LogP contribution in [0.15, 0.2) is 85.3 Å². The molecule has 0 spiro atoms. The molecule has 4 aromatic rings. The highest BCUT2D eigenvalue weighted by atomic mass is 16.5. The summed E-state index contributed by atoms with van der Waals surface area (Å²) >= 11 is 0. The average molecular weight is 398 g/mol. The summed E-state index contributed by atoms with van der Waals surface area (Å²) in [6.07, 6.45) is 5.24. The van der Waals surface area contributed by atoms with Crippen molar-refractivity contribution in [1.29, 1.82) is 0 Å². The molecule has 2 aromatic carbocycles. The molecule has 0 bridgehead atoms. The average Bonchev–Trinajstić information content (AvgIpc) is 3.25. The molecule has 0 unspecified atom stereocenters. The lowest BCUT2D eigenvalue weighted by Crippen LogP contribution is -2.26. The molecule has 0 aliphatic rings. The van der Waals surface area contributed by atoms with Crippen LogP contribution in [-0.4, -0.2) is 39.7 Å². The smallest absolute Gasteiger partial charge is 0.257 e. The number of benzene rings is 2. The van der Waals surface area contributed by atoms with Gasteiger partial charge in [0.1, 0.15) is 11.4 Å². The van der Waals surface area contributed by atoms with Gasteiger partial charge in [0.2, 0.25) is 0 Å². The summed E-state index contributed by atoms with van der Waals surface area (Å²) < 4.78 is 7.00. The van der Waals surface area contributed by atoms with Gasteiger partial charge in [-0.25, -0.2) is 4.68 Å². The highest BCUT2D eigenvalue weighted by Gasteiger charge is 2.22. The van der Waals surface area contributed by atoms with E-state index in [0.29, 0.717) is 17.8 Å². The zero-order valence-corrected chi connectivity index (χ0v) is 16.9. The van der Waals surface area contributed by atoms with Crippen LogP contribution in [0.2, 0.25) is 0 Å². The van der Waals surface area contributed by atoms with E-state index < -0.39 is 0 Å². The molecule has 6 heteroatoms. The van der Waals surface area contributed by atoms with Gasteiger partial charge in [0.05, 0.1) is 18.4 Å². The van der Waals surface area contributed by atoms with Crippen molar-refractivity contribution in [3.63, 3.8) is 0 Å². The fourth-order valence-electron chi connectivity index (χ4n) is 3.25. The number of pyridine rings is 1. The van der Waals surface area contributed by atoms with Crippen LogP contribution in [0.5, 0.6) is 5.75 Å². The summed E-state index contributed by atoms with van der Waals surface area (Å²) in [6.45, 7) is 0.486. The molecule has 2 aromatic heterocycles. The number of nitrogens with zero attached hydrogens (tertiary/aromatic N) is 4. The Morgan fingerprint density at radius 1 is 1.00 bits per heavy atom. The lowest BCUT2D eigenvalue weighted by Gasteiger charge is -2.17. The molecule has 0 aliphatic carbocycles. The van der Waals surface area contributed by atoms with Crippen LogP contribution >= 0.6 is 0 Å². The number of carbonyl (C=O) groups excluding carboxylic acids is 1. The van der Waals surface area contributed by atoms with Gasteiger partial charge >= 0.3 is 0 Å². The standard InChI is InChI=1S/C24H22N4O2/c1-27(16-18-12-14-25-15-13-18)24(29)22-17-28(20-6-4-3-5-7-20)26-23(22)19-8-10-21(30-2)11-9-19/h3-15,17H,16H2,1-2H3. The summed E-state index contributed by atoms with van der Waals surface area (Å²) in [5, 5.41) is 4.74. The normalized spacial score (nSPS) is 10.6. The van der Waals surface area contributed by atoms with E-state index in [0.717, 1.165) is 22.6 Å². The van der Waals surface area contributed by atoms with Crippen LogP contribution in [0.4, 0.5) is 0 Å². The minimum Gasteiger partial charge on any atom is -0.497 e. The van der Waals surface area contributed by atoms with Gasteiger partial charge < -0.3 is 9.64 Å². The summed E-state index contributed by atoms with van der Waals surface area (Å²) in [7, 11) is 3.42. The molecular weight excluding hydrogens is 376 g/mol. The Balaban J connectivity index is 1.72. The van der Waals surface area contributed by atoms with Gasteiger partial charge in [0.15, 0.2) is 0 Å². The minimum absolute atomic E-state index is 0.0974. The number of hydrogen-bond donors (Lipinski definition) is 0. The van der Waals surface area contributed by atoms with Crippen molar-refractivity contribution < 1.29 is 9.53 Å². The quantitative estimate of drug-likeness (QED) is 0.488. The maximum atomic E-state index is 13.3. The van der Waals surface area contributed by atoms with E-state index in [1.165, 1.54) is 0 Å². The Bertz CT molecular complexity index is 1120. The lowest BCUT2D eigenvalue weighted by atomic mass is 10.1. The number of methoxy groups -OCH3 is 1. The molecule has 0 atom stereocenters. The Labute approximate surface area is 175 Å². The van der Waals surface area contributed by atoms with Gasteiger partial charge in [0.25, 0.3) is 5.91 Å². The first-order valence-electron chi connectivity index (χ1n) is 9.59. The number of ether oxygens (including phenoxy) is 1. The number of hydrogen-bond acceptors (Lipinski definition) is 4. The third-order valence-corrected chi connectivity index (χ3v) is 4.84. The van der Waals surface area contributed by atoms with E-state index in [9.17, 15) is 4.79 Å². The van der Waals surface area contributed by atoms with Gasteiger partial charge in [-0.2, -0.15) is 5.10 Å². The maximum absolute atomic E-state index is 13.3. The second kappa shape index (κ2) is 8.61. The van der Waals surface area contributed by atoms with Gasteiger partial charge in [-0.3, -0.25) is 9.78 Å². The lowest BCUT2D eigenvalue weighted by molar-refractivity contribution is 0.0786. The van der Waals surface area contributed by atoms with Crippen molar-refractivity contribution in [2.45, 2.75) is 6.54 Å². The third-order valence-electron chi connectivity index (χ3n) is 4.84. The minimum atomic E-state index is -0.0974. The molecule has 1 amide bonds. The topological polar surface area (TPSA) is 60.3 Å². The summed E-state index contributed by atoms with van der Waals surface area (Å²) in [6, 6.07) is 21.1. The van der Waals surface area contributed by atoms with E-state index in [4.69, 9.17) is 9.84 Å². The van der Waals surface area contributed by atoms with Crippen LogP contribution in [0, 0.1) is 0 Å². The second-order valence-corrected chi connectivity index (χ2v) is 6.92. The predicted octanol–water partition coefficient (Wildman–Crippen LogP) is 4.22. The molecule has 0 saturated carbocycles. The molecule has 2 heterocycles. The van der Waals surface area contributed by atoms with Gasteiger partial charge in [0, 0.05) is 37.7 Å². The SMILES string of the molecule is COc1ccc(-c2nn(-c3ccccc3)cc2C(=O)N(C)Cc2ccncc2)cc1. The van der Waals surface area contributed by atoms with Gasteiger partial charge in [-0.15, -0.1) is 0 Å². The first kappa shape index (κ1) is 19.4. The van der Waals surface area contributed by atoms with Crippen LogP contribution in [-0.2, 0) is 6.54 Å². The van der Waals surface area contributed by atoms with Crippen molar-refractivity contribution in [3.8, 4) is 22.7 Å². The van der Waals surface area contributed by atoms with Crippen molar-refractivity contribution in [1.82, 2.24) is 19.7 Å². The number of rotatable bonds is 6. The maximum Gasteiger partial charge on any atom is 0.257 e. The monoisotopic (exact) mass is 398 g/mol. The summed E-state index contributed by atoms with van der Waals surface area (Å²) in [5.74, 6) is 0.656. The largest absolute Gasteiger partial charge is 0.497 e. The Morgan fingerprint density at radius 2 is 1.70 bits per heavy atom. The molecular formula is C24H22N4O2. The molecule has 150 valence electrons. The first-order valence-corrected chi connectivity index (χ1v) is 9.59. The number of para-hydroxylation sites is 1. The molecule has 0 aliphatic heterocycles. The van der Waals surface area contributed by atoms with Crippen LogP contribution in [0.25, 0.3) is 16.9 Å². The van der Waals surface area contributed by atoms with E-state index in [1.54, 1.807) is 42.3 Å². The molecule has 0 N–H and O–H groups in total. The molecule has 0 radical (unpaired) electrons. The van der Waals surface area contributed by atoms with Gasteiger partial charge in [-0.1, -0.05) is 18.2 Å². The van der Waals surface area contributed by atoms with Crippen LogP contribution in [0.1, 0.15) is 15.9 Å². The third kappa shape index (κ3) is 4.07. The Kier molecular flexibility index (Phi) is 5.57. The predicted molar refractivity (Wildman–Crippen MR) is 116 cm³/mol. The summed E-state index contributed by atoms with van der Waals surface area (Å²) in [4.78, 5) is 19.1. The number of carbonyl (C=O) groups is 1. The number of aromatic nitrogens is 3. The van der Waals surface area contributed by atoms with Crippen molar-refractivity contribution in [2.24, 2.45) is 0 Å². The fourth-order valence-corrected chi connectivity index (χ4v) is 3.25. The molecule has 0 fully saturated rings. The molecule has 0 saturated heterocycles. The Hall–Kier alpha value is -3.93. The van der Waals surface area contributed by atoms with E-state index >= 15 is 0 Å². The first-order chi connectivity index (χ1) is 14.7. The zero-order chi connectivity index (χ0) is 20.9. The summed E-state index contributed by atoms with van der Waals surface area (Å²) in [5.41, 5.74) is 3.94.